The molecule has 6 nitrogen and oxygen atoms in total. The molecule has 1 rings (SSSR count). The summed E-state index contributed by atoms with van der Waals surface area (Å²) in [6.45, 7) is 5.36. The zero-order valence-corrected chi connectivity index (χ0v) is 11.0. The molecule has 0 spiro atoms. The van der Waals surface area contributed by atoms with Gasteiger partial charge in [0.2, 0.25) is 0 Å². The number of rotatable bonds is 2. The number of aliphatic hydroxyl groups is 1. The van der Waals surface area contributed by atoms with Crippen molar-refractivity contribution in [3.8, 4) is 0 Å². The average molecular weight is 259 g/mol. The Morgan fingerprint density at radius 2 is 2.00 bits per heavy atom. The summed E-state index contributed by atoms with van der Waals surface area (Å²) in [4.78, 5) is 24.2. The van der Waals surface area contributed by atoms with Crippen LogP contribution in [0.1, 0.15) is 33.6 Å². The van der Waals surface area contributed by atoms with Gasteiger partial charge in [-0.05, 0) is 33.6 Å². The van der Waals surface area contributed by atoms with Crippen LogP contribution in [0.3, 0.4) is 0 Å². The molecule has 1 aliphatic rings. The van der Waals surface area contributed by atoms with Gasteiger partial charge in [0.05, 0.1) is 18.6 Å². The van der Waals surface area contributed by atoms with Gasteiger partial charge in [-0.2, -0.15) is 0 Å². The van der Waals surface area contributed by atoms with E-state index in [2.05, 4.69) is 0 Å². The SMILES string of the molecule is CC(C)(C)OC(=O)N1CCC(C(=O)O)CC1CO. The fourth-order valence-corrected chi connectivity index (χ4v) is 2.01. The molecule has 0 saturated carbocycles. The average Bonchev–Trinajstić information content (AvgIpc) is 2.25. The standard InChI is InChI=1S/C12H21NO5/c1-12(2,3)18-11(17)13-5-4-8(10(15)16)6-9(13)7-14/h8-9,14H,4-7H2,1-3H3,(H,15,16). The molecule has 2 N–H and O–H groups in total. The van der Waals surface area contributed by atoms with Gasteiger partial charge in [0.15, 0.2) is 0 Å². The Bertz CT molecular complexity index is 323. The highest BCUT2D eigenvalue weighted by molar-refractivity contribution is 5.72. The van der Waals surface area contributed by atoms with Crippen LogP contribution in [-0.2, 0) is 9.53 Å². The molecule has 18 heavy (non-hydrogen) atoms. The third kappa shape index (κ3) is 3.87. The Balaban J connectivity index is 2.67. The highest BCUT2D eigenvalue weighted by Gasteiger charge is 2.36. The zero-order chi connectivity index (χ0) is 13.9. The molecule has 104 valence electrons. The molecular weight excluding hydrogens is 238 g/mol. The molecule has 6 heteroatoms. The van der Waals surface area contributed by atoms with Crippen molar-refractivity contribution < 1.29 is 24.5 Å². The Morgan fingerprint density at radius 1 is 1.39 bits per heavy atom. The van der Waals surface area contributed by atoms with Crippen LogP contribution >= 0.6 is 0 Å². The summed E-state index contributed by atoms with van der Waals surface area (Å²) in [6, 6.07) is -0.477. The van der Waals surface area contributed by atoms with E-state index in [1.807, 2.05) is 0 Å². The predicted molar refractivity (Wildman–Crippen MR) is 64.2 cm³/mol. The number of carbonyl (C=O) groups is 2. The van der Waals surface area contributed by atoms with E-state index in [-0.39, 0.29) is 13.0 Å². The summed E-state index contributed by atoms with van der Waals surface area (Å²) in [5, 5.41) is 18.2. The third-order valence-electron chi connectivity index (χ3n) is 2.90. The number of hydrogen-bond donors (Lipinski definition) is 2. The molecule has 1 heterocycles. The monoisotopic (exact) mass is 259 g/mol. The van der Waals surface area contributed by atoms with Crippen LogP contribution < -0.4 is 0 Å². The van der Waals surface area contributed by atoms with Crippen molar-refractivity contribution in [2.24, 2.45) is 5.92 Å². The lowest BCUT2D eigenvalue weighted by Crippen LogP contribution is -2.50. The van der Waals surface area contributed by atoms with E-state index in [0.717, 1.165) is 0 Å². The molecular formula is C12H21NO5. The Morgan fingerprint density at radius 3 is 2.44 bits per heavy atom. The van der Waals surface area contributed by atoms with Gasteiger partial charge in [0, 0.05) is 6.54 Å². The van der Waals surface area contributed by atoms with Crippen molar-refractivity contribution in [3.05, 3.63) is 0 Å². The lowest BCUT2D eigenvalue weighted by Gasteiger charge is -2.37. The van der Waals surface area contributed by atoms with Crippen LogP contribution in [0.15, 0.2) is 0 Å². The molecule has 1 saturated heterocycles. The maximum atomic E-state index is 11.9. The minimum absolute atomic E-state index is 0.247. The van der Waals surface area contributed by atoms with E-state index in [4.69, 9.17) is 9.84 Å². The molecule has 1 amide bonds. The summed E-state index contributed by atoms with van der Waals surface area (Å²) < 4.78 is 5.23. The second kappa shape index (κ2) is 5.56. The van der Waals surface area contributed by atoms with Gasteiger partial charge >= 0.3 is 12.1 Å². The topological polar surface area (TPSA) is 87.1 Å². The number of amides is 1. The van der Waals surface area contributed by atoms with Crippen LogP contribution in [0.4, 0.5) is 4.79 Å². The number of piperidine rings is 1. The van der Waals surface area contributed by atoms with Crippen molar-refractivity contribution in [2.75, 3.05) is 13.2 Å². The predicted octanol–water partition coefficient (Wildman–Crippen LogP) is 1.08. The molecule has 1 fully saturated rings. The van der Waals surface area contributed by atoms with Gasteiger partial charge in [-0.25, -0.2) is 4.79 Å². The number of hydrogen-bond acceptors (Lipinski definition) is 4. The van der Waals surface area contributed by atoms with E-state index in [1.165, 1.54) is 4.90 Å². The van der Waals surface area contributed by atoms with E-state index < -0.39 is 29.6 Å². The first kappa shape index (κ1) is 14.8. The second-order valence-corrected chi connectivity index (χ2v) is 5.57. The van der Waals surface area contributed by atoms with Crippen LogP contribution in [0.2, 0.25) is 0 Å². The lowest BCUT2D eigenvalue weighted by molar-refractivity contribution is -0.144. The Labute approximate surface area is 107 Å². The smallest absolute Gasteiger partial charge is 0.410 e. The number of aliphatic hydroxyl groups excluding tert-OH is 1. The van der Waals surface area contributed by atoms with Crippen molar-refractivity contribution in [2.45, 2.75) is 45.3 Å². The summed E-state index contributed by atoms with van der Waals surface area (Å²) in [6.07, 6.45) is 0.168. The Kier molecular flexibility index (Phi) is 4.56. The summed E-state index contributed by atoms with van der Waals surface area (Å²) in [5.41, 5.74) is -0.596. The van der Waals surface area contributed by atoms with Crippen molar-refractivity contribution in [1.29, 1.82) is 0 Å². The summed E-state index contributed by atoms with van der Waals surface area (Å²) >= 11 is 0. The highest BCUT2D eigenvalue weighted by Crippen LogP contribution is 2.24. The lowest BCUT2D eigenvalue weighted by atomic mass is 9.91. The van der Waals surface area contributed by atoms with Crippen LogP contribution in [0.25, 0.3) is 0 Å². The molecule has 0 aromatic heterocycles. The Hall–Kier alpha value is -1.30. The van der Waals surface area contributed by atoms with Gasteiger partial charge < -0.3 is 19.8 Å². The van der Waals surface area contributed by atoms with Gasteiger partial charge in [-0.15, -0.1) is 0 Å². The molecule has 2 atom stereocenters. The van der Waals surface area contributed by atoms with Crippen LogP contribution in [-0.4, -0.2) is 52.0 Å². The largest absolute Gasteiger partial charge is 0.481 e. The maximum absolute atomic E-state index is 11.9. The number of carbonyl (C=O) groups excluding carboxylic acids is 1. The van der Waals surface area contributed by atoms with E-state index in [9.17, 15) is 14.7 Å². The first-order valence-corrected chi connectivity index (χ1v) is 6.08. The van der Waals surface area contributed by atoms with Gasteiger partial charge in [-0.3, -0.25) is 4.79 Å². The molecule has 0 aromatic carbocycles. The summed E-state index contributed by atoms with van der Waals surface area (Å²) in [7, 11) is 0. The maximum Gasteiger partial charge on any atom is 0.410 e. The number of likely N-dealkylation sites (tertiary alicyclic amines) is 1. The number of ether oxygens (including phenoxy) is 1. The fourth-order valence-electron chi connectivity index (χ4n) is 2.01. The zero-order valence-electron chi connectivity index (χ0n) is 11.0. The molecule has 0 aliphatic carbocycles. The van der Waals surface area contributed by atoms with Crippen LogP contribution in [0.5, 0.6) is 0 Å². The van der Waals surface area contributed by atoms with Crippen LogP contribution in [0, 0.1) is 5.92 Å². The highest BCUT2D eigenvalue weighted by atomic mass is 16.6. The summed E-state index contributed by atoms with van der Waals surface area (Å²) in [5.74, 6) is -1.38. The minimum Gasteiger partial charge on any atom is -0.481 e. The van der Waals surface area contributed by atoms with E-state index in [0.29, 0.717) is 13.0 Å². The third-order valence-corrected chi connectivity index (χ3v) is 2.90. The van der Waals surface area contributed by atoms with Crippen molar-refractivity contribution in [3.63, 3.8) is 0 Å². The van der Waals surface area contributed by atoms with Crippen molar-refractivity contribution >= 4 is 12.1 Å². The first-order chi connectivity index (χ1) is 8.24. The quantitative estimate of drug-likeness (QED) is 0.774. The van der Waals surface area contributed by atoms with Crippen molar-refractivity contribution in [1.82, 2.24) is 4.90 Å². The molecule has 2 unspecified atom stereocenters. The van der Waals surface area contributed by atoms with Gasteiger partial charge in [-0.1, -0.05) is 0 Å². The molecule has 1 aliphatic heterocycles. The molecule has 0 radical (unpaired) electrons. The minimum atomic E-state index is -0.878. The molecule has 0 aromatic rings. The number of nitrogens with zero attached hydrogens (tertiary/aromatic N) is 1. The van der Waals surface area contributed by atoms with Gasteiger partial charge in [0.1, 0.15) is 5.60 Å². The molecule has 0 bridgehead atoms. The van der Waals surface area contributed by atoms with Gasteiger partial charge in [0.25, 0.3) is 0 Å². The number of aliphatic carboxylic acids is 1. The number of carboxylic acid groups (broad SMARTS) is 1. The number of carboxylic acids is 1. The second-order valence-electron chi connectivity index (χ2n) is 5.57. The van der Waals surface area contributed by atoms with E-state index >= 15 is 0 Å². The first-order valence-electron chi connectivity index (χ1n) is 6.08. The van der Waals surface area contributed by atoms with E-state index in [1.54, 1.807) is 20.8 Å². The fraction of sp³-hybridized carbons (Fsp3) is 0.833. The normalized spacial score (nSPS) is 24.8.